The number of rotatable bonds is 3. The van der Waals surface area contributed by atoms with Crippen LogP contribution in [0.4, 0.5) is 0 Å². The first kappa shape index (κ1) is 8.82. The predicted molar refractivity (Wildman–Crippen MR) is 51.6 cm³/mol. The summed E-state index contributed by atoms with van der Waals surface area (Å²) in [4.78, 5) is 0. The molecule has 0 unspecified atom stereocenters. The molecule has 0 saturated heterocycles. The minimum atomic E-state index is 0.827. The zero-order valence-corrected chi connectivity index (χ0v) is 8.36. The van der Waals surface area contributed by atoms with Gasteiger partial charge in [0.2, 0.25) is 0 Å². The summed E-state index contributed by atoms with van der Waals surface area (Å²) in [5, 5.41) is 0.827. The summed E-state index contributed by atoms with van der Waals surface area (Å²) < 4.78 is 0. The molecule has 0 bridgehead atoms. The van der Waals surface area contributed by atoms with E-state index in [2.05, 4.69) is 18.7 Å². The van der Waals surface area contributed by atoms with E-state index in [1.807, 2.05) is 12.1 Å². The molecule has 0 nitrogen and oxygen atoms in total. The van der Waals surface area contributed by atoms with Crippen molar-refractivity contribution in [2.24, 2.45) is 0 Å². The van der Waals surface area contributed by atoms with Crippen molar-refractivity contribution < 1.29 is 0 Å². The van der Waals surface area contributed by atoms with Gasteiger partial charge in [0.25, 0.3) is 0 Å². The van der Waals surface area contributed by atoms with Crippen LogP contribution in [0, 0.1) is 0 Å². The molecule has 1 rings (SSSR count). The highest BCUT2D eigenvalue weighted by molar-refractivity contribution is 6.33. The standard InChI is InChI=1S/C9H11ClSi/c1-11-7-6-8-2-4-9(10)5-3-8/h2-5H,6-7H2,1H3. The SMILES string of the molecule is C[Si]CCc1ccc(Cl)cc1. The lowest BCUT2D eigenvalue weighted by molar-refractivity contribution is 1.12. The molecule has 0 spiro atoms. The van der Waals surface area contributed by atoms with Crippen molar-refractivity contribution in [1.82, 2.24) is 0 Å². The zero-order valence-electron chi connectivity index (χ0n) is 6.60. The molecule has 2 radical (unpaired) electrons. The molecule has 0 N–H and O–H groups in total. The fourth-order valence-electron chi connectivity index (χ4n) is 0.920. The fourth-order valence-corrected chi connectivity index (χ4v) is 1.59. The van der Waals surface area contributed by atoms with Gasteiger partial charge in [0.15, 0.2) is 0 Å². The summed E-state index contributed by atoms with van der Waals surface area (Å²) in [6.45, 7) is 2.23. The van der Waals surface area contributed by atoms with Gasteiger partial charge in [-0.2, -0.15) is 0 Å². The number of benzene rings is 1. The van der Waals surface area contributed by atoms with Gasteiger partial charge in [0.1, 0.15) is 0 Å². The van der Waals surface area contributed by atoms with Crippen molar-refractivity contribution in [2.75, 3.05) is 0 Å². The first-order valence-corrected chi connectivity index (χ1v) is 5.80. The third-order valence-electron chi connectivity index (χ3n) is 1.58. The molecule has 0 aromatic heterocycles. The van der Waals surface area contributed by atoms with E-state index in [4.69, 9.17) is 11.6 Å². The largest absolute Gasteiger partial charge is 0.0843 e. The third kappa shape index (κ3) is 3.08. The molecule has 0 heterocycles. The summed E-state index contributed by atoms with van der Waals surface area (Å²) >= 11 is 5.75. The maximum Gasteiger partial charge on any atom is 0.0406 e. The van der Waals surface area contributed by atoms with Crippen molar-refractivity contribution in [3.05, 3.63) is 34.9 Å². The molecule has 0 amide bonds. The van der Waals surface area contributed by atoms with Crippen LogP contribution in [-0.2, 0) is 6.42 Å². The highest BCUT2D eigenvalue weighted by Gasteiger charge is 1.91. The minimum absolute atomic E-state index is 0.827. The maximum absolute atomic E-state index is 5.75. The Labute approximate surface area is 75.4 Å². The average molecular weight is 183 g/mol. The summed E-state index contributed by atoms with van der Waals surface area (Å²) in [5.41, 5.74) is 1.39. The Morgan fingerprint density at radius 2 is 1.91 bits per heavy atom. The van der Waals surface area contributed by atoms with Gasteiger partial charge in [-0.3, -0.25) is 0 Å². The molecular weight excluding hydrogens is 172 g/mol. The predicted octanol–water partition coefficient (Wildman–Crippen LogP) is 3.05. The minimum Gasteiger partial charge on any atom is -0.0843 e. The fraction of sp³-hybridized carbons (Fsp3) is 0.333. The van der Waals surface area contributed by atoms with Crippen molar-refractivity contribution in [2.45, 2.75) is 19.0 Å². The van der Waals surface area contributed by atoms with Crippen molar-refractivity contribution >= 4 is 21.1 Å². The van der Waals surface area contributed by atoms with Crippen LogP contribution >= 0.6 is 11.6 Å². The molecule has 1 aromatic rings. The van der Waals surface area contributed by atoms with Gasteiger partial charge in [-0.05, 0) is 24.1 Å². The Kier molecular flexibility index (Phi) is 3.67. The molecule has 0 atom stereocenters. The number of hydrogen-bond acceptors (Lipinski definition) is 0. The van der Waals surface area contributed by atoms with Gasteiger partial charge in [0, 0.05) is 14.5 Å². The molecule has 0 aliphatic heterocycles. The van der Waals surface area contributed by atoms with Gasteiger partial charge >= 0.3 is 0 Å². The Hall–Kier alpha value is -0.273. The van der Waals surface area contributed by atoms with E-state index < -0.39 is 0 Å². The van der Waals surface area contributed by atoms with E-state index >= 15 is 0 Å². The lowest BCUT2D eigenvalue weighted by Gasteiger charge is -1.97. The quantitative estimate of drug-likeness (QED) is 0.631. The highest BCUT2D eigenvalue weighted by atomic mass is 35.5. The molecule has 0 aliphatic rings. The smallest absolute Gasteiger partial charge is 0.0406 e. The molecular formula is C9H11ClSi. The molecule has 0 aliphatic carbocycles. The van der Waals surface area contributed by atoms with Crippen LogP contribution in [0.5, 0.6) is 0 Å². The lowest BCUT2D eigenvalue weighted by atomic mass is 10.2. The van der Waals surface area contributed by atoms with Crippen LogP contribution in [0.3, 0.4) is 0 Å². The molecule has 0 fully saturated rings. The monoisotopic (exact) mass is 182 g/mol. The van der Waals surface area contributed by atoms with Gasteiger partial charge in [0.05, 0.1) is 0 Å². The first-order valence-electron chi connectivity index (χ1n) is 3.72. The third-order valence-corrected chi connectivity index (χ3v) is 2.58. The zero-order chi connectivity index (χ0) is 8.10. The summed E-state index contributed by atoms with van der Waals surface area (Å²) in [7, 11) is 1.05. The van der Waals surface area contributed by atoms with Crippen LogP contribution < -0.4 is 0 Å². The number of hydrogen-bond donors (Lipinski definition) is 0. The lowest BCUT2D eigenvalue weighted by Crippen LogP contribution is -1.87. The van der Waals surface area contributed by atoms with E-state index in [0.717, 1.165) is 14.5 Å². The van der Waals surface area contributed by atoms with Crippen molar-refractivity contribution in [3.63, 3.8) is 0 Å². The van der Waals surface area contributed by atoms with Crippen molar-refractivity contribution in [3.8, 4) is 0 Å². The van der Waals surface area contributed by atoms with Crippen LogP contribution in [0.1, 0.15) is 5.56 Å². The molecule has 2 heteroatoms. The Morgan fingerprint density at radius 1 is 1.27 bits per heavy atom. The second-order valence-electron chi connectivity index (χ2n) is 2.48. The second-order valence-corrected chi connectivity index (χ2v) is 4.12. The number of halogens is 1. The van der Waals surface area contributed by atoms with E-state index in [1.54, 1.807) is 0 Å². The highest BCUT2D eigenvalue weighted by Crippen LogP contribution is 2.10. The summed E-state index contributed by atoms with van der Waals surface area (Å²) in [5.74, 6) is 0. The first-order chi connectivity index (χ1) is 5.33. The van der Waals surface area contributed by atoms with Crippen LogP contribution in [0.2, 0.25) is 17.6 Å². The molecule has 11 heavy (non-hydrogen) atoms. The summed E-state index contributed by atoms with van der Waals surface area (Å²) in [6, 6.07) is 9.40. The van der Waals surface area contributed by atoms with Gasteiger partial charge in [-0.15, -0.1) is 0 Å². The average Bonchev–Trinajstić information content (AvgIpc) is 2.04. The van der Waals surface area contributed by atoms with E-state index in [-0.39, 0.29) is 0 Å². The number of aryl methyl sites for hydroxylation is 1. The molecule has 1 aromatic carbocycles. The van der Waals surface area contributed by atoms with Crippen molar-refractivity contribution in [1.29, 1.82) is 0 Å². The molecule has 58 valence electrons. The second kappa shape index (κ2) is 4.57. The molecule has 0 saturated carbocycles. The Morgan fingerprint density at radius 3 is 2.45 bits per heavy atom. The Bertz CT molecular complexity index is 205. The van der Waals surface area contributed by atoms with E-state index in [0.29, 0.717) is 0 Å². The van der Waals surface area contributed by atoms with Crippen LogP contribution in [-0.4, -0.2) is 9.52 Å². The van der Waals surface area contributed by atoms with Gasteiger partial charge < -0.3 is 0 Å². The summed E-state index contributed by atoms with van der Waals surface area (Å²) in [6.07, 6.45) is 1.19. The van der Waals surface area contributed by atoms with E-state index in [9.17, 15) is 0 Å². The van der Waals surface area contributed by atoms with Gasteiger partial charge in [-0.1, -0.05) is 36.3 Å². The van der Waals surface area contributed by atoms with Gasteiger partial charge in [-0.25, -0.2) is 0 Å². The topological polar surface area (TPSA) is 0 Å². The van der Waals surface area contributed by atoms with E-state index in [1.165, 1.54) is 18.0 Å². The van der Waals surface area contributed by atoms with Crippen LogP contribution in [0.25, 0.3) is 0 Å². The maximum atomic E-state index is 5.75. The normalized spacial score (nSPS) is 10.0. The van der Waals surface area contributed by atoms with Crippen LogP contribution in [0.15, 0.2) is 24.3 Å². The Balaban J connectivity index is 2.52.